The van der Waals surface area contributed by atoms with Gasteiger partial charge in [0.25, 0.3) is 0 Å². The summed E-state index contributed by atoms with van der Waals surface area (Å²) in [5, 5.41) is 3.12. The fourth-order valence-electron chi connectivity index (χ4n) is 5.01. The van der Waals surface area contributed by atoms with Gasteiger partial charge in [0.1, 0.15) is 5.75 Å². The van der Waals surface area contributed by atoms with Crippen LogP contribution in [0.3, 0.4) is 0 Å². The first-order chi connectivity index (χ1) is 12.8. The van der Waals surface area contributed by atoms with E-state index in [1.54, 1.807) is 6.07 Å². The molecule has 3 fully saturated rings. The van der Waals surface area contributed by atoms with Gasteiger partial charge in [0.05, 0.1) is 5.92 Å². The molecule has 5 nitrogen and oxygen atoms in total. The molecule has 5 unspecified atom stereocenters. The molecule has 1 saturated heterocycles. The molecule has 0 spiro atoms. The van der Waals surface area contributed by atoms with Gasteiger partial charge in [0.2, 0.25) is 5.91 Å². The van der Waals surface area contributed by atoms with Crippen LogP contribution < -0.4 is 20.7 Å². The number of rotatable bonds is 4. The zero-order valence-electron chi connectivity index (χ0n) is 15.7. The van der Waals surface area contributed by atoms with Crippen LogP contribution in [0.25, 0.3) is 0 Å². The van der Waals surface area contributed by atoms with E-state index < -0.39 is 6.36 Å². The second kappa shape index (κ2) is 9.18. The maximum atomic E-state index is 12.7. The van der Waals surface area contributed by atoms with E-state index in [1.807, 2.05) is 4.90 Å². The maximum absolute atomic E-state index is 12.7. The summed E-state index contributed by atoms with van der Waals surface area (Å²) < 4.78 is 41.2. The van der Waals surface area contributed by atoms with Crippen molar-refractivity contribution in [2.75, 3.05) is 18.0 Å². The number of nitrogens with one attached hydrogen (secondary N) is 1. The molecule has 2 aliphatic carbocycles. The molecule has 29 heavy (non-hydrogen) atoms. The van der Waals surface area contributed by atoms with Crippen molar-refractivity contribution < 1.29 is 22.7 Å². The van der Waals surface area contributed by atoms with E-state index >= 15 is 0 Å². The van der Waals surface area contributed by atoms with Crippen LogP contribution in [0.5, 0.6) is 5.75 Å². The Hall–Kier alpha value is -1.38. The van der Waals surface area contributed by atoms with Crippen LogP contribution in [0.2, 0.25) is 0 Å². The predicted molar refractivity (Wildman–Crippen MR) is 109 cm³/mol. The highest BCUT2D eigenvalue weighted by molar-refractivity contribution is 5.85. The zero-order chi connectivity index (χ0) is 19.2. The smallest absolute Gasteiger partial charge is 0.406 e. The lowest BCUT2D eigenvalue weighted by molar-refractivity contribution is -0.274. The lowest BCUT2D eigenvalue weighted by Gasteiger charge is -2.28. The van der Waals surface area contributed by atoms with Gasteiger partial charge in [-0.3, -0.25) is 4.79 Å². The van der Waals surface area contributed by atoms with Crippen molar-refractivity contribution in [3.05, 3.63) is 24.3 Å². The fraction of sp³-hybridized carbons (Fsp3) is 0.632. The van der Waals surface area contributed by atoms with Crippen LogP contribution in [0, 0.1) is 17.8 Å². The number of nitrogens with zero attached hydrogens (tertiary/aromatic N) is 1. The molecule has 2 saturated carbocycles. The number of hydrogen-bond donors (Lipinski definition) is 2. The molecular weight excluding hydrogens is 430 g/mol. The van der Waals surface area contributed by atoms with Crippen LogP contribution in [0.15, 0.2) is 24.3 Å². The van der Waals surface area contributed by atoms with E-state index in [2.05, 4.69) is 10.1 Å². The molecule has 1 amide bonds. The van der Waals surface area contributed by atoms with Crippen molar-refractivity contribution in [2.24, 2.45) is 23.5 Å². The molecule has 5 atom stereocenters. The van der Waals surface area contributed by atoms with Gasteiger partial charge in [-0.25, -0.2) is 0 Å². The van der Waals surface area contributed by atoms with E-state index in [9.17, 15) is 18.0 Å². The Morgan fingerprint density at radius 3 is 2.55 bits per heavy atom. The number of fused-ring (bicyclic) bond motifs is 2. The summed E-state index contributed by atoms with van der Waals surface area (Å²) in [6.45, 7) is 1.24. The second-order valence-electron chi connectivity index (χ2n) is 7.92. The van der Waals surface area contributed by atoms with Gasteiger partial charge >= 0.3 is 6.36 Å². The summed E-state index contributed by atoms with van der Waals surface area (Å²) in [7, 11) is 0. The fourth-order valence-corrected chi connectivity index (χ4v) is 5.01. The molecule has 0 radical (unpaired) electrons. The molecule has 164 valence electrons. The average molecular weight is 456 g/mol. The molecule has 3 aliphatic rings. The van der Waals surface area contributed by atoms with E-state index in [4.69, 9.17) is 5.73 Å². The van der Waals surface area contributed by atoms with Crippen molar-refractivity contribution in [3.63, 3.8) is 0 Å². The number of carbonyl (C=O) groups is 1. The summed E-state index contributed by atoms with van der Waals surface area (Å²) in [5.41, 5.74) is 6.91. The minimum absolute atomic E-state index is 0. The third-order valence-corrected chi connectivity index (χ3v) is 6.23. The third-order valence-electron chi connectivity index (χ3n) is 6.23. The molecule has 4 rings (SSSR count). The van der Waals surface area contributed by atoms with Crippen molar-refractivity contribution >= 4 is 36.4 Å². The number of anilines is 1. The van der Waals surface area contributed by atoms with Gasteiger partial charge in [0.15, 0.2) is 0 Å². The molecule has 2 bridgehead atoms. The number of benzene rings is 1. The number of amides is 1. The van der Waals surface area contributed by atoms with Crippen molar-refractivity contribution in [2.45, 2.75) is 44.1 Å². The van der Waals surface area contributed by atoms with Crippen molar-refractivity contribution in [1.29, 1.82) is 0 Å². The Labute approximate surface area is 180 Å². The highest BCUT2D eigenvalue weighted by atomic mass is 35.5. The Morgan fingerprint density at radius 2 is 1.90 bits per heavy atom. The molecule has 10 heteroatoms. The summed E-state index contributed by atoms with van der Waals surface area (Å²) in [4.78, 5) is 14.7. The number of hydrogen-bond acceptors (Lipinski definition) is 4. The first kappa shape index (κ1) is 23.9. The molecule has 1 aliphatic heterocycles. The van der Waals surface area contributed by atoms with Crippen molar-refractivity contribution in [3.8, 4) is 5.75 Å². The zero-order valence-corrected chi connectivity index (χ0v) is 17.4. The minimum atomic E-state index is -4.71. The van der Waals surface area contributed by atoms with Crippen LogP contribution in [0.4, 0.5) is 18.9 Å². The van der Waals surface area contributed by atoms with Gasteiger partial charge in [-0.15, -0.1) is 38.0 Å². The Bertz CT molecular complexity index is 720. The lowest BCUT2D eigenvalue weighted by atomic mass is 9.84. The standard InChI is InChI=1S/C19H24F3N3O2.2ClH/c20-19(21,22)27-15-3-1-2-14(9-15)25-7-6-13(10-25)24-18(26)16-11-4-5-12(8-11)17(16)23;;/h1-3,9,11-13,16-17H,4-8,10,23H2,(H,24,26);2*1H. The average Bonchev–Trinajstić information content (AvgIpc) is 3.29. The summed E-state index contributed by atoms with van der Waals surface area (Å²) in [6, 6.07) is 5.89. The summed E-state index contributed by atoms with van der Waals surface area (Å²) in [6.07, 6.45) is -0.684. The summed E-state index contributed by atoms with van der Waals surface area (Å²) in [5.74, 6) is 0.582. The topological polar surface area (TPSA) is 67.6 Å². The quantitative estimate of drug-likeness (QED) is 0.728. The Balaban J connectivity index is 0.00000150. The predicted octanol–water partition coefficient (Wildman–Crippen LogP) is 3.50. The van der Waals surface area contributed by atoms with Crippen LogP contribution in [-0.4, -0.2) is 37.4 Å². The van der Waals surface area contributed by atoms with Gasteiger partial charge in [-0.1, -0.05) is 6.07 Å². The SMILES string of the molecule is Cl.Cl.NC1C2CCC(C2)C1C(=O)NC1CCN(c2cccc(OC(F)(F)F)c2)C1. The molecule has 3 N–H and O–H groups in total. The first-order valence-corrected chi connectivity index (χ1v) is 9.47. The lowest BCUT2D eigenvalue weighted by Crippen LogP contribution is -2.48. The number of carbonyl (C=O) groups excluding carboxylic acids is 1. The van der Waals surface area contributed by atoms with Crippen molar-refractivity contribution in [1.82, 2.24) is 5.32 Å². The molecular formula is C19H26Cl2F3N3O2. The van der Waals surface area contributed by atoms with Gasteiger partial charge in [-0.2, -0.15) is 0 Å². The molecule has 1 heterocycles. The monoisotopic (exact) mass is 455 g/mol. The molecule has 0 aromatic heterocycles. The van der Waals surface area contributed by atoms with E-state index in [0.29, 0.717) is 30.6 Å². The minimum Gasteiger partial charge on any atom is -0.406 e. The molecule has 1 aromatic carbocycles. The Morgan fingerprint density at radius 1 is 1.17 bits per heavy atom. The van der Waals surface area contributed by atoms with E-state index in [-0.39, 0.29) is 54.5 Å². The third kappa shape index (κ3) is 5.22. The summed E-state index contributed by atoms with van der Waals surface area (Å²) >= 11 is 0. The number of ether oxygens (including phenoxy) is 1. The van der Waals surface area contributed by atoms with Crippen LogP contribution in [0.1, 0.15) is 25.7 Å². The largest absolute Gasteiger partial charge is 0.573 e. The first-order valence-electron chi connectivity index (χ1n) is 9.47. The number of alkyl halides is 3. The number of nitrogens with two attached hydrogens (primary N) is 1. The normalized spacial score (nSPS) is 30.5. The maximum Gasteiger partial charge on any atom is 0.573 e. The van der Waals surface area contributed by atoms with Gasteiger partial charge in [0, 0.05) is 36.9 Å². The van der Waals surface area contributed by atoms with Crippen LogP contribution in [-0.2, 0) is 4.79 Å². The van der Waals surface area contributed by atoms with Gasteiger partial charge < -0.3 is 20.7 Å². The highest BCUT2D eigenvalue weighted by Crippen LogP contribution is 2.47. The highest BCUT2D eigenvalue weighted by Gasteiger charge is 2.49. The Kier molecular flexibility index (Phi) is 7.57. The van der Waals surface area contributed by atoms with Crippen LogP contribution >= 0.6 is 24.8 Å². The second-order valence-corrected chi connectivity index (χ2v) is 7.92. The molecule has 1 aromatic rings. The van der Waals surface area contributed by atoms with E-state index in [0.717, 1.165) is 25.7 Å². The van der Waals surface area contributed by atoms with E-state index in [1.165, 1.54) is 18.2 Å². The van der Waals surface area contributed by atoms with Gasteiger partial charge in [-0.05, 0) is 49.7 Å². The number of halogens is 5.